The van der Waals surface area contributed by atoms with E-state index in [-0.39, 0.29) is 36.3 Å². The average Bonchev–Trinajstić information content (AvgIpc) is 2.85. The Morgan fingerprint density at radius 1 is 0.500 bits per heavy atom. The van der Waals surface area contributed by atoms with Gasteiger partial charge in [-0.2, -0.15) is 0 Å². The quantitative estimate of drug-likeness (QED) is 0.0650. The van der Waals surface area contributed by atoms with Gasteiger partial charge >= 0.3 is 15.2 Å². The summed E-state index contributed by atoms with van der Waals surface area (Å²) in [6.07, 6.45) is 2.75. The van der Waals surface area contributed by atoms with Gasteiger partial charge in [0, 0.05) is 62.5 Å². The van der Waals surface area contributed by atoms with Crippen molar-refractivity contribution in [2.24, 2.45) is 11.8 Å². The van der Waals surface area contributed by atoms with Gasteiger partial charge in [-0.05, 0) is 92.9 Å². The van der Waals surface area contributed by atoms with Gasteiger partial charge in [-0.1, -0.05) is 27.7 Å². The Kier molecular flexibility index (Phi) is 23.2. The standard InChI is InChI=1S/C32H66N2O8P2/c1-25(2)31(23-43(35,39-27(5)6)40-28(7)8)33-17-15-21-37-19-13-14-20-38-22-16-18-34-32(26(3)4)24-44(36,41-29(9)10)42-30(11)12/h23-30,33-34H,13-22H2,1-12H3/b31-23-,32-24-. The van der Waals surface area contributed by atoms with E-state index < -0.39 is 15.2 Å². The van der Waals surface area contributed by atoms with Crippen LogP contribution in [0.25, 0.3) is 0 Å². The van der Waals surface area contributed by atoms with Crippen molar-refractivity contribution in [3.63, 3.8) is 0 Å². The Morgan fingerprint density at radius 2 is 0.773 bits per heavy atom. The Labute approximate surface area is 269 Å². The summed E-state index contributed by atoms with van der Waals surface area (Å²) >= 11 is 0. The van der Waals surface area contributed by atoms with E-state index in [1.165, 1.54) is 0 Å². The van der Waals surface area contributed by atoms with Crippen LogP contribution in [0.2, 0.25) is 0 Å². The van der Waals surface area contributed by atoms with Gasteiger partial charge in [0.2, 0.25) is 0 Å². The lowest BCUT2D eigenvalue weighted by Gasteiger charge is -2.23. The van der Waals surface area contributed by atoms with Crippen LogP contribution in [0.4, 0.5) is 0 Å². The first-order chi connectivity index (χ1) is 20.5. The average molecular weight is 669 g/mol. The number of hydrogen-bond acceptors (Lipinski definition) is 10. The van der Waals surface area contributed by atoms with Crippen LogP contribution in [0.3, 0.4) is 0 Å². The summed E-state index contributed by atoms with van der Waals surface area (Å²) < 4.78 is 60.7. The number of allylic oxidation sites excluding steroid dienone is 2. The number of hydrogen-bond donors (Lipinski definition) is 2. The van der Waals surface area contributed by atoms with Crippen LogP contribution in [0.1, 0.15) is 109 Å². The van der Waals surface area contributed by atoms with Crippen LogP contribution in [-0.2, 0) is 36.7 Å². The Bertz CT molecular complexity index is 805. The molecule has 0 aromatic carbocycles. The van der Waals surface area contributed by atoms with E-state index in [2.05, 4.69) is 38.3 Å². The highest BCUT2D eigenvalue weighted by molar-refractivity contribution is 7.57. The SMILES string of the molecule is CC(C)OP(=O)(/C=C(\NCCCOCCCCOCCCN/C(=C\P(=O)(OC(C)C)OC(C)C)C(C)C)C(C)C)OC(C)C. The van der Waals surface area contributed by atoms with Gasteiger partial charge in [-0.3, -0.25) is 9.13 Å². The summed E-state index contributed by atoms with van der Waals surface area (Å²) in [5.41, 5.74) is 1.72. The highest BCUT2D eigenvalue weighted by Gasteiger charge is 2.27. The molecule has 44 heavy (non-hydrogen) atoms. The maximum atomic E-state index is 13.2. The summed E-state index contributed by atoms with van der Waals surface area (Å²) in [7, 11) is -6.69. The summed E-state index contributed by atoms with van der Waals surface area (Å²) in [6.45, 7) is 27.1. The minimum Gasteiger partial charge on any atom is -0.388 e. The molecule has 0 radical (unpaired) electrons. The lowest BCUT2D eigenvalue weighted by atomic mass is 10.1. The second-order valence-electron chi connectivity index (χ2n) is 12.7. The predicted octanol–water partition coefficient (Wildman–Crippen LogP) is 8.84. The fourth-order valence-corrected chi connectivity index (χ4v) is 8.07. The first-order valence-electron chi connectivity index (χ1n) is 16.5. The molecule has 0 aromatic rings. The van der Waals surface area contributed by atoms with Crippen molar-refractivity contribution in [3.05, 3.63) is 23.0 Å². The molecule has 0 amide bonds. The molecule has 0 atom stereocenters. The first kappa shape index (κ1) is 43.3. The second kappa shape index (κ2) is 23.6. The summed E-state index contributed by atoms with van der Waals surface area (Å²) in [6, 6.07) is 0. The van der Waals surface area contributed by atoms with Crippen molar-refractivity contribution in [1.82, 2.24) is 10.6 Å². The van der Waals surface area contributed by atoms with Gasteiger partial charge in [0.15, 0.2) is 0 Å². The number of nitrogens with one attached hydrogen (secondary N) is 2. The van der Waals surface area contributed by atoms with Crippen LogP contribution >= 0.6 is 15.2 Å². The van der Waals surface area contributed by atoms with Gasteiger partial charge < -0.3 is 38.2 Å². The van der Waals surface area contributed by atoms with Gasteiger partial charge in [0.05, 0.1) is 24.4 Å². The molecule has 0 heterocycles. The highest BCUT2D eigenvalue weighted by atomic mass is 31.2. The zero-order valence-corrected chi connectivity index (χ0v) is 31.6. The number of rotatable bonds is 27. The smallest absolute Gasteiger partial charge is 0.356 e. The van der Waals surface area contributed by atoms with Crippen LogP contribution in [0, 0.1) is 11.8 Å². The predicted molar refractivity (Wildman–Crippen MR) is 182 cm³/mol. The van der Waals surface area contributed by atoms with Crippen LogP contribution in [-0.4, -0.2) is 63.9 Å². The van der Waals surface area contributed by atoms with E-state index in [0.29, 0.717) is 39.5 Å². The molecule has 10 nitrogen and oxygen atoms in total. The summed E-state index contributed by atoms with van der Waals surface area (Å²) in [4.78, 5) is 0. The molecular weight excluding hydrogens is 602 g/mol. The molecule has 0 unspecified atom stereocenters. The maximum Gasteiger partial charge on any atom is 0.356 e. The highest BCUT2D eigenvalue weighted by Crippen LogP contribution is 2.54. The van der Waals surface area contributed by atoms with Gasteiger partial charge in [0.25, 0.3) is 0 Å². The minimum atomic E-state index is -3.35. The van der Waals surface area contributed by atoms with Crippen LogP contribution in [0.5, 0.6) is 0 Å². The van der Waals surface area contributed by atoms with Gasteiger partial charge in [-0.15, -0.1) is 0 Å². The summed E-state index contributed by atoms with van der Waals surface area (Å²) in [5, 5.41) is 6.78. The number of unbranched alkanes of at least 4 members (excludes halogenated alkanes) is 1. The third kappa shape index (κ3) is 22.7. The third-order valence-electron chi connectivity index (χ3n) is 5.69. The number of ether oxygens (including phenoxy) is 2. The zero-order chi connectivity index (χ0) is 33.8. The zero-order valence-electron chi connectivity index (χ0n) is 29.9. The van der Waals surface area contributed by atoms with E-state index in [1.807, 2.05) is 55.4 Å². The van der Waals surface area contributed by atoms with Crippen molar-refractivity contribution in [2.45, 2.75) is 133 Å². The molecular formula is C32H66N2O8P2. The van der Waals surface area contributed by atoms with Crippen molar-refractivity contribution in [2.75, 3.05) is 39.5 Å². The molecule has 0 spiro atoms. The molecule has 262 valence electrons. The van der Waals surface area contributed by atoms with E-state index in [9.17, 15) is 9.13 Å². The molecule has 0 bridgehead atoms. The molecule has 0 aliphatic heterocycles. The van der Waals surface area contributed by atoms with E-state index in [0.717, 1.165) is 37.1 Å². The Balaban J connectivity index is 4.27. The molecule has 12 heteroatoms. The maximum absolute atomic E-state index is 13.2. The molecule has 2 N–H and O–H groups in total. The molecule has 0 fully saturated rings. The lowest BCUT2D eigenvalue weighted by molar-refractivity contribution is 0.101. The molecule has 0 aliphatic rings. The fourth-order valence-electron chi connectivity index (χ4n) is 3.91. The van der Waals surface area contributed by atoms with Gasteiger partial charge in [-0.25, -0.2) is 0 Å². The minimum absolute atomic E-state index is 0.160. The molecule has 0 saturated carbocycles. The monoisotopic (exact) mass is 668 g/mol. The molecule has 0 saturated heterocycles. The second-order valence-corrected chi connectivity index (χ2v) is 16.2. The van der Waals surface area contributed by atoms with E-state index in [4.69, 9.17) is 27.6 Å². The van der Waals surface area contributed by atoms with Crippen molar-refractivity contribution in [3.8, 4) is 0 Å². The summed E-state index contributed by atoms with van der Waals surface area (Å²) in [5.74, 6) is 3.59. The van der Waals surface area contributed by atoms with Crippen molar-refractivity contribution in [1.29, 1.82) is 0 Å². The largest absolute Gasteiger partial charge is 0.388 e. The van der Waals surface area contributed by atoms with Gasteiger partial charge in [0.1, 0.15) is 0 Å². The normalized spacial score (nSPS) is 13.9. The van der Waals surface area contributed by atoms with Crippen LogP contribution in [0.15, 0.2) is 23.0 Å². The molecule has 0 rings (SSSR count). The lowest BCUT2D eigenvalue weighted by Crippen LogP contribution is -2.21. The third-order valence-corrected chi connectivity index (χ3v) is 9.74. The Hall–Kier alpha value is -0.700. The fraction of sp³-hybridized carbons (Fsp3) is 0.875. The van der Waals surface area contributed by atoms with Crippen molar-refractivity contribution >= 4 is 15.2 Å². The van der Waals surface area contributed by atoms with E-state index in [1.54, 1.807) is 11.6 Å². The molecule has 0 aliphatic carbocycles. The molecule has 0 aromatic heterocycles. The van der Waals surface area contributed by atoms with Crippen molar-refractivity contribution < 1.29 is 36.7 Å². The first-order valence-corrected chi connectivity index (χ1v) is 19.7. The van der Waals surface area contributed by atoms with E-state index >= 15 is 0 Å². The topological polar surface area (TPSA) is 114 Å². The Morgan fingerprint density at radius 3 is 1.02 bits per heavy atom. The van der Waals surface area contributed by atoms with Crippen LogP contribution < -0.4 is 10.6 Å².